The second kappa shape index (κ2) is 11.5. The summed E-state index contributed by atoms with van der Waals surface area (Å²) >= 11 is 13.2. The van der Waals surface area contributed by atoms with Crippen LogP contribution in [-0.4, -0.2) is 16.3 Å². The van der Waals surface area contributed by atoms with Gasteiger partial charge in [-0.1, -0.05) is 71.4 Å². The van der Waals surface area contributed by atoms with Crippen molar-refractivity contribution in [1.82, 2.24) is 0 Å². The standard InChI is InChI=1S/C22H18Cl2N4O3S/c23-18-8-6-17(10-19(18)24)13-31-21-9-7-16(11-20(21)28(29)30)12-26-27-22(25)32-14-15-4-2-1-3-5-15/h1-12H,13-14H2,(H2,25,27). The lowest BCUT2D eigenvalue weighted by atomic mass is 10.2. The fourth-order valence-corrected chi connectivity index (χ4v) is 3.52. The molecule has 3 aromatic carbocycles. The van der Waals surface area contributed by atoms with Gasteiger partial charge in [-0.2, -0.15) is 5.10 Å². The molecule has 0 aliphatic carbocycles. The SMILES string of the molecule is NC(=NN=Cc1ccc(OCc2ccc(Cl)c(Cl)c2)c([N+](=O)[O-])c1)SCc1ccccc1. The van der Waals surface area contributed by atoms with Crippen molar-refractivity contribution in [3.05, 3.63) is 104 Å². The zero-order valence-electron chi connectivity index (χ0n) is 16.7. The largest absolute Gasteiger partial charge is 0.482 e. The first-order valence-electron chi connectivity index (χ1n) is 9.31. The molecule has 10 heteroatoms. The Kier molecular flexibility index (Phi) is 8.49. The van der Waals surface area contributed by atoms with Crippen molar-refractivity contribution in [2.45, 2.75) is 12.4 Å². The molecule has 0 heterocycles. The van der Waals surface area contributed by atoms with Crippen molar-refractivity contribution < 1.29 is 9.66 Å². The van der Waals surface area contributed by atoms with Crippen LogP contribution in [0.5, 0.6) is 5.75 Å². The first kappa shape index (κ1) is 23.6. The minimum absolute atomic E-state index is 0.102. The Morgan fingerprint density at radius 1 is 1.06 bits per heavy atom. The number of thioether (sulfide) groups is 1. The van der Waals surface area contributed by atoms with Gasteiger partial charge in [0, 0.05) is 17.4 Å². The number of nitrogens with zero attached hydrogens (tertiary/aromatic N) is 3. The summed E-state index contributed by atoms with van der Waals surface area (Å²) in [6.45, 7) is 0.102. The summed E-state index contributed by atoms with van der Waals surface area (Å²) < 4.78 is 5.61. The van der Waals surface area contributed by atoms with E-state index in [1.165, 1.54) is 30.1 Å². The predicted octanol–water partition coefficient (Wildman–Crippen LogP) is 6.06. The molecule has 0 aliphatic heterocycles. The maximum Gasteiger partial charge on any atom is 0.311 e. The Morgan fingerprint density at radius 3 is 2.56 bits per heavy atom. The Hall–Kier alpha value is -3.07. The average molecular weight is 489 g/mol. The molecule has 32 heavy (non-hydrogen) atoms. The predicted molar refractivity (Wildman–Crippen MR) is 131 cm³/mol. The summed E-state index contributed by atoms with van der Waals surface area (Å²) in [5.41, 5.74) is 8.01. The summed E-state index contributed by atoms with van der Waals surface area (Å²) in [6.07, 6.45) is 1.39. The summed E-state index contributed by atoms with van der Waals surface area (Å²) in [5.74, 6) is 0.793. The molecule has 0 aromatic heterocycles. The minimum atomic E-state index is -0.519. The maximum atomic E-state index is 11.5. The van der Waals surface area contributed by atoms with Crippen molar-refractivity contribution in [3.8, 4) is 5.75 Å². The van der Waals surface area contributed by atoms with E-state index in [-0.39, 0.29) is 18.0 Å². The second-order valence-electron chi connectivity index (χ2n) is 6.48. The van der Waals surface area contributed by atoms with Crippen molar-refractivity contribution in [1.29, 1.82) is 0 Å². The number of benzene rings is 3. The van der Waals surface area contributed by atoms with E-state index in [0.717, 1.165) is 11.1 Å². The Bertz CT molecular complexity index is 1160. The second-order valence-corrected chi connectivity index (χ2v) is 8.29. The molecule has 0 amide bonds. The van der Waals surface area contributed by atoms with E-state index >= 15 is 0 Å². The zero-order chi connectivity index (χ0) is 22.9. The van der Waals surface area contributed by atoms with Gasteiger partial charge >= 0.3 is 5.69 Å². The number of hydrogen-bond donors (Lipinski definition) is 1. The van der Waals surface area contributed by atoms with Crippen LogP contribution >= 0.6 is 35.0 Å². The van der Waals surface area contributed by atoms with Crippen LogP contribution < -0.4 is 10.5 Å². The van der Waals surface area contributed by atoms with Gasteiger partial charge in [-0.05, 0) is 35.4 Å². The highest BCUT2D eigenvalue weighted by Crippen LogP contribution is 2.29. The summed E-state index contributed by atoms with van der Waals surface area (Å²) in [6, 6.07) is 19.4. The molecule has 0 saturated carbocycles. The average Bonchev–Trinajstić information content (AvgIpc) is 2.79. The lowest BCUT2D eigenvalue weighted by Gasteiger charge is -2.08. The first-order valence-corrected chi connectivity index (χ1v) is 11.0. The van der Waals surface area contributed by atoms with Crippen molar-refractivity contribution >= 4 is 52.0 Å². The third-order valence-electron chi connectivity index (χ3n) is 4.15. The number of amidine groups is 1. The lowest BCUT2D eigenvalue weighted by molar-refractivity contribution is -0.385. The molecule has 0 fully saturated rings. The normalized spacial score (nSPS) is 11.6. The molecule has 164 valence electrons. The van der Waals surface area contributed by atoms with Gasteiger partial charge in [0.05, 0.1) is 21.2 Å². The maximum absolute atomic E-state index is 11.5. The number of halogens is 2. The van der Waals surface area contributed by atoms with E-state index in [2.05, 4.69) is 10.2 Å². The van der Waals surface area contributed by atoms with Crippen LogP contribution in [0, 0.1) is 10.1 Å². The van der Waals surface area contributed by atoms with Gasteiger partial charge in [-0.15, -0.1) is 5.10 Å². The smallest absolute Gasteiger partial charge is 0.311 e. The van der Waals surface area contributed by atoms with Gasteiger partial charge in [0.25, 0.3) is 0 Å². The minimum Gasteiger partial charge on any atom is -0.482 e. The van der Waals surface area contributed by atoms with Crippen LogP contribution in [0.1, 0.15) is 16.7 Å². The molecular formula is C22H18Cl2N4O3S. The summed E-state index contributed by atoms with van der Waals surface area (Å²) in [5, 5.41) is 20.4. The summed E-state index contributed by atoms with van der Waals surface area (Å²) in [4.78, 5) is 11.0. The van der Waals surface area contributed by atoms with E-state index in [0.29, 0.717) is 26.5 Å². The van der Waals surface area contributed by atoms with Crippen molar-refractivity contribution in [2.75, 3.05) is 0 Å². The van der Waals surface area contributed by atoms with E-state index in [1.54, 1.807) is 24.3 Å². The highest BCUT2D eigenvalue weighted by molar-refractivity contribution is 8.13. The van der Waals surface area contributed by atoms with Crippen LogP contribution in [0.2, 0.25) is 10.0 Å². The fourth-order valence-electron chi connectivity index (χ4n) is 2.58. The molecule has 0 saturated heterocycles. The number of ether oxygens (including phenoxy) is 1. The quantitative estimate of drug-likeness (QED) is 0.179. The van der Waals surface area contributed by atoms with Gasteiger partial charge in [0.1, 0.15) is 6.61 Å². The van der Waals surface area contributed by atoms with E-state index in [4.69, 9.17) is 33.7 Å². The van der Waals surface area contributed by atoms with Gasteiger partial charge < -0.3 is 10.5 Å². The van der Waals surface area contributed by atoms with Crippen LogP contribution in [-0.2, 0) is 12.4 Å². The topological polar surface area (TPSA) is 103 Å². The van der Waals surface area contributed by atoms with Crippen LogP contribution in [0.4, 0.5) is 5.69 Å². The van der Waals surface area contributed by atoms with Gasteiger partial charge in [-0.3, -0.25) is 10.1 Å². The number of nitro groups is 1. The first-order chi connectivity index (χ1) is 15.4. The van der Waals surface area contributed by atoms with Crippen molar-refractivity contribution in [3.63, 3.8) is 0 Å². The van der Waals surface area contributed by atoms with E-state index in [1.807, 2.05) is 30.3 Å². The summed E-state index contributed by atoms with van der Waals surface area (Å²) in [7, 11) is 0. The molecule has 0 atom stereocenters. The zero-order valence-corrected chi connectivity index (χ0v) is 19.0. The van der Waals surface area contributed by atoms with Crippen molar-refractivity contribution in [2.24, 2.45) is 15.9 Å². The molecule has 2 N–H and O–H groups in total. The highest BCUT2D eigenvalue weighted by Gasteiger charge is 2.16. The number of nitrogens with two attached hydrogens (primary N) is 1. The Labute approximate surface area is 199 Å². The van der Waals surface area contributed by atoms with Gasteiger partial charge in [-0.25, -0.2) is 0 Å². The third-order valence-corrected chi connectivity index (χ3v) is 5.74. The number of nitro benzene ring substituents is 1. The molecule has 3 aromatic rings. The third kappa shape index (κ3) is 6.98. The van der Waals surface area contributed by atoms with Crippen LogP contribution in [0.3, 0.4) is 0 Å². The Balaban J connectivity index is 1.64. The molecule has 0 aliphatic rings. The highest BCUT2D eigenvalue weighted by atomic mass is 35.5. The lowest BCUT2D eigenvalue weighted by Crippen LogP contribution is -2.06. The monoisotopic (exact) mass is 488 g/mol. The van der Waals surface area contributed by atoms with Gasteiger partial charge in [0.2, 0.25) is 0 Å². The van der Waals surface area contributed by atoms with Crippen LogP contribution in [0.25, 0.3) is 0 Å². The number of hydrogen-bond acceptors (Lipinski definition) is 6. The van der Waals surface area contributed by atoms with Crippen LogP contribution in [0.15, 0.2) is 76.9 Å². The van der Waals surface area contributed by atoms with E-state index in [9.17, 15) is 10.1 Å². The number of rotatable bonds is 8. The molecule has 7 nitrogen and oxygen atoms in total. The fraction of sp³-hybridized carbons (Fsp3) is 0.0909. The molecule has 0 bridgehead atoms. The molecule has 0 unspecified atom stereocenters. The molecule has 0 radical (unpaired) electrons. The van der Waals surface area contributed by atoms with Gasteiger partial charge in [0.15, 0.2) is 10.9 Å². The molecule has 3 rings (SSSR count). The van der Waals surface area contributed by atoms with E-state index < -0.39 is 4.92 Å². The molecular weight excluding hydrogens is 471 g/mol. The Morgan fingerprint density at radius 2 is 1.84 bits per heavy atom. The molecule has 0 spiro atoms.